The predicted molar refractivity (Wildman–Crippen MR) is 129 cm³/mol. The van der Waals surface area contributed by atoms with Gasteiger partial charge in [-0.2, -0.15) is 0 Å². The van der Waals surface area contributed by atoms with Crippen molar-refractivity contribution in [1.82, 2.24) is 14.8 Å². The van der Waals surface area contributed by atoms with Crippen molar-refractivity contribution in [3.8, 4) is 40.1 Å². The third-order valence-electron chi connectivity index (χ3n) is 5.18. The number of rotatable bonds is 9. The van der Waals surface area contributed by atoms with Crippen LogP contribution in [0.25, 0.3) is 17.1 Å². The van der Waals surface area contributed by atoms with Crippen molar-refractivity contribution >= 4 is 11.8 Å². The van der Waals surface area contributed by atoms with E-state index >= 15 is 0 Å². The molecule has 0 aliphatic carbocycles. The summed E-state index contributed by atoms with van der Waals surface area (Å²) >= 11 is 1.45. The van der Waals surface area contributed by atoms with E-state index in [-0.39, 0.29) is 5.82 Å². The first kappa shape index (κ1) is 23.4. The molecule has 176 valence electrons. The second-order valence-corrected chi connectivity index (χ2v) is 8.09. The summed E-state index contributed by atoms with van der Waals surface area (Å²) in [6.45, 7) is 0. The van der Waals surface area contributed by atoms with E-state index in [4.69, 9.17) is 18.9 Å². The minimum atomic E-state index is -0.387. The van der Waals surface area contributed by atoms with Crippen LogP contribution < -0.4 is 18.9 Å². The topological polar surface area (TPSA) is 67.6 Å². The lowest BCUT2D eigenvalue weighted by Crippen LogP contribution is -2.03. The van der Waals surface area contributed by atoms with Crippen LogP contribution in [0.1, 0.15) is 5.56 Å². The quantitative estimate of drug-likeness (QED) is 0.297. The molecule has 9 heteroatoms. The standard InChI is InChI=1S/C25H24FN3O4S/c1-30-18-11-9-16(10-12-18)15-34-25-28-27-24(29(25)20-8-6-5-7-19(20)26)17-13-21(31-2)23(33-4)22(14-17)32-3/h5-14H,15H2,1-4H3. The molecule has 0 N–H and O–H groups in total. The van der Waals surface area contributed by atoms with Crippen molar-refractivity contribution in [3.05, 3.63) is 72.0 Å². The Bertz CT molecular complexity index is 1250. The van der Waals surface area contributed by atoms with Crippen molar-refractivity contribution in [3.63, 3.8) is 0 Å². The molecule has 0 saturated carbocycles. The molecule has 34 heavy (non-hydrogen) atoms. The van der Waals surface area contributed by atoms with E-state index in [9.17, 15) is 4.39 Å². The Hall–Kier alpha value is -3.72. The number of benzene rings is 3. The van der Waals surface area contributed by atoms with Gasteiger partial charge in [-0.05, 0) is 42.0 Å². The molecule has 4 aromatic rings. The maximum atomic E-state index is 14.9. The summed E-state index contributed by atoms with van der Waals surface area (Å²) in [5.74, 6) is 2.85. The maximum absolute atomic E-state index is 14.9. The van der Waals surface area contributed by atoms with E-state index < -0.39 is 0 Å². The van der Waals surface area contributed by atoms with Gasteiger partial charge in [0.05, 0.1) is 34.1 Å². The van der Waals surface area contributed by atoms with Gasteiger partial charge in [-0.25, -0.2) is 4.39 Å². The van der Waals surface area contributed by atoms with Crippen molar-refractivity contribution in [2.24, 2.45) is 0 Å². The molecule has 0 saturated heterocycles. The van der Waals surface area contributed by atoms with Crippen molar-refractivity contribution in [2.75, 3.05) is 28.4 Å². The van der Waals surface area contributed by atoms with E-state index in [1.807, 2.05) is 24.3 Å². The number of hydrogen-bond donors (Lipinski definition) is 0. The van der Waals surface area contributed by atoms with Gasteiger partial charge in [0.15, 0.2) is 22.5 Å². The zero-order valence-electron chi connectivity index (χ0n) is 19.2. The van der Waals surface area contributed by atoms with Gasteiger partial charge in [0.2, 0.25) is 5.75 Å². The molecule has 1 aromatic heterocycles. The Morgan fingerprint density at radius 1 is 0.824 bits per heavy atom. The minimum absolute atomic E-state index is 0.341. The largest absolute Gasteiger partial charge is 0.497 e. The van der Waals surface area contributed by atoms with Crippen molar-refractivity contribution in [2.45, 2.75) is 10.9 Å². The summed E-state index contributed by atoms with van der Waals surface area (Å²) in [7, 11) is 6.25. The third-order valence-corrected chi connectivity index (χ3v) is 6.18. The predicted octanol–water partition coefficient (Wildman–Crippen LogP) is 5.40. The second kappa shape index (κ2) is 10.5. The summed E-state index contributed by atoms with van der Waals surface area (Å²) in [5.41, 5.74) is 2.05. The highest BCUT2D eigenvalue weighted by atomic mass is 32.2. The Morgan fingerprint density at radius 3 is 2.09 bits per heavy atom. The minimum Gasteiger partial charge on any atom is -0.497 e. The summed E-state index contributed by atoms with van der Waals surface area (Å²) in [6, 6.07) is 17.8. The Morgan fingerprint density at radius 2 is 1.50 bits per heavy atom. The van der Waals surface area contributed by atoms with E-state index in [0.29, 0.717) is 45.2 Å². The molecule has 0 fully saturated rings. The highest BCUT2D eigenvalue weighted by molar-refractivity contribution is 7.98. The molecule has 0 atom stereocenters. The SMILES string of the molecule is COc1ccc(CSc2nnc(-c3cc(OC)c(OC)c(OC)c3)n2-c2ccccc2F)cc1. The van der Waals surface area contributed by atoms with Gasteiger partial charge in [0.25, 0.3) is 0 Å². The Kier molecular flexibility index (Phi) is 7.22. The van der Waals surface area contributed by atoms with Crippen LogP contribution in [0.2, 0.25) is 0 Å². The molecular formula is C25H24FN3O4S. The maximum Gasteiger partial charge on any atom is 0.203 e. The third kappa shape index (κ3) is 4.65. The lowest BCUT2D eigenvalue weighted by atomic mass is 10.1. The van der Waals surface area contributed by atoms with Crippen LogP contribution in [0, 0.1) is 5.82 Å². The van der Waals surface area contributed by atoms with Gasteiger partial charge in [-0.15, -0.1) is 10.2 Å². The van der Waals surface area contributed by atoms with Crippen LogP contribution in [0.3, 0.4) is 0 Å². The number of hydrogen-bond acceptors (Lipinski definition) is 7. The zero-order valence-corrected chi connectivity index (χ0v) is 20.1. The van der Waals surface area contributed by atoms with Crippen LogP contribution in [0.4, 0.5) is 4.39 Å². The van der Waals surface area contributed by atoms with Gasteiger partial charge in [0.1, 0.15) is 11.6 Å². The van der Waals surface area contributed by atoms with Gasteiger partial charge in [-0.1, -0.05) is 36.0 Å². The average Bonchev–Trinajstić information content (AvgIpc) is 3.30. The van der Waals surface area contributed by atoms with Crippen molar-refractivity contribution in [1.29, 1.82) is 0 Å². The average molecular weight is 482 g/mol. The number of aromatic nitrogens is 3. The van der Waals surface area contributed by atoms with Gasteiger partial charge in [-0.3, -0.25) is 4.57 Å². The van der Waals surface area contributed by atoms with Gasteiger partial charge < -0.3 is 18.9 Å². The lowest BCUT2D eigenvalue weighted by Gasteiger charge is -2.15. The number of methoxy groups -OCH3 is 4. The van der Waals surface area contributed by atoms with Crippen molar-refractivity contribution < 1.29 is 23.3 Å². The first-order valence-electron chi connectivity index (χ1n) is 10.4. The van der Waals surface area contributed by atoms with Crippen LogP contribution in [0.15, 0.2) is 65.8 Å². The monoisotopic (exact) mass is 481 g/mol. The molecule has 1 heterocycles. The number of thioether (sulfide) groups is 1. The molecule has 0 radical (unpaired) electrons. The fourth-order valence-corrected chi connectivity index (χ4v) is 4.38. The van der Waals surface area contributed by atoms with E-state index in [0.717, 1.165) is 11.3 Å². The second-order valence-electron chi connectivity index (χ2n) is 7.14. The number of para-hydroxylation sites is 1. The van der Waals surface area contributed by atoms with Crippen LogP contribution >= 0.6 is 11.8 Å². The van der Waals surface area contributed by atoms with E-state index in [2.05, 4.69) is 10.2 Å². The van der Waals surface area contributed by atoms with Gasteiger partial charge >= 0.3 is 0 Å². The fourth-order valence-electron chi connectivity index (χ4n) is 3.48. The van der Waals surface area contributed by atoms with E-state index in [1.165, 1.54) is 24.9 Å². The summed E-state index contributed by atoms with van der Waals surface area (Å²) in [5, 5.41) is 9.33. The number of halogens is 1. The highest BCUT2D eigenvalue weighted by Gasteiger charge is 2.22. The zero-order chi connectivity index (χ0) is 24.1. The summed E-state index contributed by atoms with van der Waals surface area (Å²) in [4.78, 5) is 0. The molecule has 0 aliphatic rings. The lowest BCUT2D eigenvalue weighted by molar-refractivity contribution is 0.324. The van der Waals surface area contributed by atoms with E-state index in [1.54, 1.807) is 56.2 Å². The number of nitrogens with zero attached hydrogens (tertiary/aromatic N) is 3. The normalized spacial score (nSPS) is 10.7. The van der Waals surface area contributed by atoms with Crippen LogP contribution in [-0.2, 0) is 5.75 Å². The summed E-state index contributed by atoms with van der Waals surface area (Å²) < 4.78 is 38.2. The molecule has 0 unspecified atom stereocenters. The Labute approximate surface area is 201 Å². The first-order valence-corrected chi connectivity index (χ1v) is 11.3. The van der Waals surface area contributed by atoms with Crippen LogP contribution in [0.5, 0.6) is 23.0 Å². The molecule has 0 spiro atoms. The molecule has 0 bridgehead atoms. The molecule has 4 rings (SSSR count). The molecule has 0 amide bonds. The van der Waals surface area contributed by atoms with Crippen LogP contribution in [-0.4, -0.2) is 43.2 Å². The first-order chi connectivity index (χ1) is 16.6. The molecular weight excluding hydrogens is 457 g/mol. The summed E-state index contributed by atoms with van der Waals surface area (Å²) in [6.07, 6.45) is 0. The fraction of sp³-hybridized carbons (Fsp3) is 0.200. The molecule has 0 aliphatic heterocycles. The highest BCUT2D eigenvalue weighted by Crippen LogP contribution is 2.42. The smallest absolute Gasteiger partial charge is 0.203 e. The molecule has 7 nitrogen and oxygen atoms in total. The van der Waals surface area contributed by atoms with Gasteiger partial charge in [0, 0.05) is 11.3 Å². The number of ether oxygens (including phenoxy) is 4. The Balaban J connectivity index is 1.79. The molecule has 3 aromatic carbocycles.